The Morgan fingerprint density at radius 3 is 1.29 bits per heavy atom. The van der Waals surface area contributed by atoms with Crippen molar-refractivity contribution >= 4 is 11.4 Å². The third-order valence-corrected chi connectivity index (χ3v) is 5.25. The minimum absolute atomic E-state index is 0.987. The highest BCUT2D eigenvalue weighted by Crippen LogP contribution is 2.33. The van der Waals surface area contributed by atoms with Crippen molar-refractivity contribution in [1.82, 2.24) is 9.13 Å². The molecule has 0 saturated carbocycles. The second kappa shape index (κ2) is 6.50. The molecule has 136 valence electrons. The van der Waals surface area contributed by atoms with Gasteiger partial charge in [-0.05, 0) is 36.4 Å². The summed E-state index contributed by atoms with van der Waals surface area (Å²) in [6.45, 7) is 0. The second-order valence-corrected chi connectivity index (χ2v) is 6.71. The molecule has 0 amide bonds. The third kappa shape index (κ3) is 2.31. The van der Waals surface area contributed by atoms with Gasteiger partial charge in [0.05, 0.1) is 22.8 Å². The zero-order chi connectivity index (χ0) is 19.1. The van der Waals surface area contributed by atoms with Gasteiger partial charge in [-0.25, -0.2) is 0 Å². The number of nitrogens with zero attached hydrogens (tertiary/aromatic N) is 4. The Balaban J connectivity index is 1.78. The fourth-order valence-corrected chi connectivity index (χ4v) is 4.05. The molecule has 0 spiro atoms. The Hall–Kier alpha value is -3.66. The highest BCUT2D eigenvalue weighted by Gasteiger charge is 2.32. The predicted molar refractivity (Wildman–Crippen MR) is 115 cm³/mol. The first-order valence-corrected chi connectivity index (χ1v) is 9.32. The van der Waals surface area contributed by atoms with Gasteiger partial charge in [0.2, 0.25) is 0 Å². The number of hydrogen-bond acceptors (Lipinski definition) is 2. The molecule has 5 rings (SSSR count). The van der Waals surface area contributed by atoms with E-state index in [2.05, 4.69) is 82.2 Å². The van der Waals surface area contributed by atoms with Gasteiger partial charge in [0, 0.05) is 49.0 Å². The standard InChI is InChI=1S/C24H20N4/c1-25-21-19-13-15-28(18-11-7-4-8-12-18)24(19)22(26-2)20-14-16-27(23(20)21)17-9-5-3-6-10-17/h3-16H,1-2H3. The highest BCUT2D eigenvalue weighted by molar-refractivity contribution is 6.31. The molecule has 28 heavy (non-hydrogen) atoms. The third-order valence-electron chi connectivity index (χ3n) is 5.25. The number of benzene rings is 2. The molecule has 0 saturated heterocycles. The summed E-state index contributed by atoms with van der Waals surface area (Å²) in [5.74, 6) is 0. The van der Waals surface area contributed by atoms with E-state index in [1.165, 1.54) is 0 Å². The Morgan fingerprint density at radius 1 is 0.536 bits per heavy atom. The van der Waals surface area contributed by atoms with Crippen LogP contribution in [0.3, 0.4) is 0 Å². The van der Waals surface area contributed by atoms with Gasteiger partial charge < -0.3 is 9.13 Å². The van der Waals surface area contributed by atoms with Crippen LogP contribution in [0.1, 0.15) is 22.5 Å². The van der Waals surface area contributed by atoms with E-state index >= 15 is 0 Å². The molecule has 1 aliphatic rings. The molecule has 0 bridgehead atoms. The summed E-state index contributed by atoms with van der Waals surface area (Å²) < 4.78 is 4.40. The number of rotatable bonds is 2. The zero-order valence-corrected chi connectivity index (χ0v) is 15.9. The first kappa shape index (κ1) is 16.5. The maximum absolute atomic E-state index is 4.69. The molecule has 0 N–H and O–H groups in total. The Morgan fingerprint density at radius 2 is 0.929 bits per heavy atom. The molecule has 2 heterocycles. The van der Waals surface area contributed by atoms with Crippen molar-refractivity contribution in [3.63, 3.8) is 0 Å². The summed E-state index contributed by atoms with van der Waals surface area (Å²) >= 11 is 0. The van der Waals surface area contributed by atoms with E-state index in [0.29, 0.717) is 0 Å². The van der Waals surface area contributed by atoms with E-state index in [9.17, 15) is 0 Å². The molecular weight excluding hydrogens is 344 g/mol. The van der Waals surface area contributed by atoms with Crippen LogP contribution in [0.15, 0.2) is 95.2 Å². The molecule has 0 atom stereocenters. The van der Waals surface area contributed by atoms with Crippen LogP contribution >= 0.6 is 0 Å². The van der Waals surface area contributed by atoms with E-state index in [-0.39, 0.29) is 0 Å². The first-order valence-electron chi connectivity index (χ1n) is 9.32. The summed E-state index contributed by atoms with van der Waals surface area (Å²) in [5, 5.41) is 0. The van der Waals surface area contributed by atoms with Gasteiger partial charge in [-0.2, -0.15) is 0 Å². The maximum atomic E-state index is 4.69. The minimum atomic E-state index is 0.987. The van der Waals surface area contributed by atoms with Crippen molar-refractivity contribution in [3.8, 4) is 11.4 Å². The topological polar surface area (TPSA) is 34.6 Å². The predicted octanol–water partition coefficient (Wildman–Crippen LogP) is 4.52. The monoisotopic (exact) mass is 364 g/mol. The van der Waals surface area contributed by atoms with Crippen LogP contribution < -0.4 is 0 Å². The molecule has 0 radical (unpaired) electrons. The minimum Gasteiger partial charge on any atom is -0.315 e. The number of aliphatic imine (C=N–C) groups is 2. The average molecular weight is 364 g/mol. The molecule has 0 fully saturated rings. The number of para-hydroxylation sites is 2. The quantitative estimate of drug-likeness (QED) is 0.442. The zero-order valence-electron chi connectivity index (χ0n) is 15.9. The van der Waals surface area contributed by atoms with E-state index in [1.54, 1.807) is 0 Å². The molecule has 4 aromatic rings. The Labute approximate surface area is 164 Å². The summed E-state index contributed by atoms with van der Waals surface area (Å²) in [6.07, 6.45) is 4.21. The lowest BCUT2D eigenvalue weighted by molar-refractivity contribution is 1.04. The van der Waals surface area contributed by atoms with Gasteiger partial charge in [-0.3, -0.25) is 9.98 Å². The smallest absolute Gasteiger partial charge is 0.0912 e. The molecular formula is C24H20N4. The van der Waals surface area contributed by atoms with Gasteiger partial charge in [0.15, 0.2) is 0 Å². The van der Waals surface area contributed by atoms with Gasteiger partial charge in [-0.15, -0.1) is 0 Å². The highest BCUT2D eigenvalue weighted by atomic mass is 15.0. The van der Waals surface area contributed by atoms with Crippen molar-refractivity contribution in [3.05, 3.63) is 108 Å². The van der Waals surface area contributed by atoms with E-state index in [0.717, 1.165) is 45.3 Å². The summed E-state index contributed by atoms with van der Waals surface area (Å²) in [4.78, 5) is 9.38. The van der Waals surface area contributed by atoms with Crippen molar-refractivity contribution in [2.75, 3.05) is 14.1 Å². The summed E-state index contributed by atoms with van der Waals surface area (Å²) in [6, 6.07) is 25.0. The van der Waals surface area contributed by atoms with Crippen molar-refractivity contribution in [2.45, 2.75) is 0 Å². The summed E-state index contributed by atoms with van der Waals surface area (Å²) in [5.41, 5.74) is 8.60. The van der Waals surface area contributed by atoms with Crippen molar-refractivity contribution < 1.29 is 0 Å². The number of fused-ring (bicyclic) bond motifs is 2. The van der Waals surface area contributed by atoms with Crippen LogP contribution in [-0.2, 0) is 0 Å². The molecule has 0 unspecified atom stereocenters. The SMILES string of the molecule is CN=C1c2ccn(-c3ccccc3)c2C(=NC)c2ccn(-c3ccccc3)c21. The number of aromatic nitrogens is 2. The van der Waals surface area contributed by atoms with Gasteiger partial charge >= 0.3 is 0 Å². The normalized spacial score (nSPS) is 15.6. The largest absolute Gasteiger partial charge is 0.315 e. The van der Waals surface area contributed by atoms with Crippen LogP contribution in [0.5, 0.6) is 0 Å². The molecule has 2 aromatic carbocycles. The second-order valence-electron chi connectivity index (χ2n) is 6.71. The first-order chi connectivity index (χ1) is 13.8. The van der Waals surface area contributed by atoms with Crippen LogP contribution in [0.25, 0.3) is 11.4 Å². The molecule has 0 aliphatic heterocycles. The molecule has 1 aliphatic carbocycles. The number of hydrogen-bond donors (Lipinski definition) is 0. The fraction of sp³-hybridized carbons (Fsp3) is 0.0833. The van der Waals surface area contributed by atoms with Gasteiger partial charge in [0.25, 0.3) is 0 Å². The van der Waals surface area contributed by atoms with E-state index in [4.69, 9.17) is 9.98 Å². The van der Waals surface area contributed by atoms with E-state index in [1.807, 2.05) is 26.2 Å². The lowest BCUT2D eigenvalue weighted by atomic mass is 9.91. The Bertz CT molecular complexity index is 1110. The molecule has 4 nitrogen and oxygen atoms in total. The maximum Gasteiger partial charge on any atom is 0.0912 e. The van der Waals surface area contributed by atoms with E-state index < -0.39 is 0 Å². The summed E-state index contributed by atoms with van der Waals surface area (Å²) in [7, 11) is 3.72. The van der Waals surface area contributed by atoms with Crippen LogP contribution in [0.2, 0.25) is 0 Å². The lowest BCUT2D eigenvalue weighted by Crippen LogP contribution is -2.25. The lowest BCUT2D eigenvalue weighted by Gasteiger charge is -2.22. The average Bonchev–Trinajstić information content (AvgIpc) is 3.38. The van der Waals surface area contributed by atoms with Crippen molar-refractivity contribution in [2.24, 2.45) is 9.98 Å². The van der Waals surface area contributed by atoms with Crippen LogP contribution in [-0.4, -0.2) is 34.7 Å². The molecule has 2 aromatic heterocycles. The Kier molecular flexibility index (Phi) is 3.83. The molecule has 4 heteroatoms. The van der Waals surface area contributed by atoms with Crippen molar-refractivity contribution in [1.29, 1.82) is 0 Å². The van der Waals surface area contributed by atoms with Crippen LogP contribution in [0, 0.1) is 0 Å². The fourth-order valence-electron chi connectivity index (χ4n) is 4.05. The van der Waals surface area contributed by atoms with Crippen LogP contribution in [0.4, 0.5) is 0 Å². The van der Waals surface area contributed by atoms with Gasteiger partial charge in [0.1, 0.15) is 0 Å². The van der Waals surface area contributed by atoms with Gasteiger partial charge in [-0.1, -0.05) is 36.4 Å².